The van der Waals surface area contributed by atoms with Gasteiger partial charge in [-0.05, 0) is 24.8 Å². The fourth-order valence-corrected chi connectivity index (χ4v) is 2.21. The first kappa shape index (κ1) is 10.2. The van der Waals surface area contributed by atoms with Crippen LogP contribution in [0.15, 0.2) is 16.7 Å². The van der Waals surface area contributed by atoms with Gasteiger partial charge in [0.25, 0.3) is 0 Å². The van der Waals surface area contributed by atoms with E-state index in [4.69, 9.17) is 9.52 Å². The topological polar surface area (TPSA) is 70.7 Å². The van der Waals surface area contributed by atoms with E-state index in [1.807, 2.05) is 0 Å². The molecule has 0 amide bonds. The smallest absolute Gasteiger partial charge is 0.339 e. The van der Waals surface area contributed by atoms with E-state index in [1.54, 1.807) is 0 Å². The van der Waals surface area contributed by atoms with Gasteiger partial charge in [0, 0.05) is 0 Å². The summed E-state index contributed by atoms with van der Waals surface area (Å²) >= 11 is 0. The van der Waals surface area contributed by atoms with Gasteiger partial charge in [-0.2, -0.15) is 0 Å². The number of hydrogen-bond donors (Lipinski definition) is 2. The number of hydrogen-bond acceptors (Lipinski definition) is 3. The molecule has 1 aliphatic carbocycles. The fourth-order valence-electron chi connectivity index (χ4n) is 2.21. The molecule has 1 heterocycles. The molecule has 0 aliphatic heterocycles. The van der Waals surface area contributed by atoms with Crippen molar-refractivity contribution >= 4 is 5.97 Å². The quantitative estimate of drug-likeness (QED) is 0.802. The minimum Gasteiger partial charge on any atom is -0.478 e. The summed E-state index contributed by atoms with van der Waals surface area (Å²) in [7, 11) is 0. The van der Waals surface area contributed by atoms with E-state index in [-0.39, 0.29) is 17.2 Å². The lowest BCUT2D eigenvalue weighted by atomic mass is 9.97. The molecule has 1 aromatic heterocycles. The Labute approximate surface area is 87.5 Å². The van der Waals surface area contributed by atoms with Gasteiger partial charge in [0.15, 0.2) is 0 Å². The van der Waals surface area contributed by atoms with E-state index in [1.165, 1.54) is 12.3 Å². The molecular formula is C11H14O4. The molecule has 1 fully saturated rings. The summed E-state index contributed by atoms with van der Waals surface area (Å²) in [4.78, 5) is 10.8. The van der Waals surface area contributed by atoms with Crippen molar-refractivity contribution in [2.75, 3.05) is 0 Å². The molecule has 0 radical (unpaired) electrons. The van der Waals surface area contributed by atoms with Gasteiger partial charge in [0.1, 0.15) is 17.4 Å². The monoisotopic (exact) mass is 210 g/mol. The van der Waals surface area contributed by atoms with Gasteiger partial charge in [0.05, 0.1) is 6.26 Å². The van der Waals surface area contributed by atoms with Gasteiger partial charge < -0.3 is 14.6 Å². The highest BCUT2D eigenvalue weighted by molar-refractivity contribution is 5.88. The predicted octanol–water partition coefficient (Wildman–Crippen LogP) is 2.20. The molecule has 4 heteroatoms. The summed E-state index contributed by atoms with van der Waals surface area (Å²) in [6.07, 6.45) is 4.64. The molecule has 1 unspecified atom stereocenters. The zero-order valence-corrected chi connectivity index (χ0v) is 8.35. The highest BCUT2D eigenvalue weighted by Crippen LogP contribution is 2.36. The average Bonchev–Trinajstić information content (AvgIpc) is 2.88. The Morgan fingerprint density at radius 1 is 1.47 bits per heavy atom. The Balaban J connectivity index is 2.20. The van der Waals surface area contributed by atoms with Crippen LogP contribution in [0.2, 0.25) is 0 Å². The zero-order chi connectivity index (χ0) is 10.8. The van der Waals surface area contributed by atoms with Crippen molar-refractivity contribution in [3.63, 3.8) is 0 Å². The number of carboxylic acid groups (broad SMARTS) is 1. The summed E-state index contributed by atoms with van der Waals surface area (Å²) < 4.78 is 5.07. The van der Waals surface area contributed by atoms with Crippen LogP contribution in [-0.4, -0.2) is 16.2 Å². The van der Waals surface area contributed by atoms with Crippen molar-refractivity contribution in [1.29, 1.82) is 0 Å². The highest BCUT2D eigenvalue weighted by atomic mass is 16.4. The maximum absolute atomic E-state index is 10.8. The lowest BCUT2D eigenvalue weighted by Crippen LogP contribution is -2.11. The Kier molecular flexibility index (Phi) is 2.77. The number of aliphatic hydroxyl groups excluding tert-OH is 1. The van der Waals surface area contributed by atoms with Gasteiger partial charge in [-0.15, -0.1) is 0 Å². The Bertz CT molecular complexity index is 349. The fraction of sp³-hybridized carbons (Fsp3) is 0.545. The summed E-state index contributed by atoms with van der Waals surface area (Å²) in [5.74, 6) is -0.695. The van der Waals surface area contributed by atoms with Crippen LogP contribution in [0.5, 0.6) is 0 Å². The van der Waals surface area contributed by atoms with E-state index < -0.39 is 12.1 Å². The third-order valence-electron chi connectivity index (χ3n) is 3.04. The number of rotatable bonds is 3. The minimum absolute atomic E-state index is 0.0781. The molecule has 1 saturated carbocycles. The number of furan rings is 1. The normalized spacial score (nSPS) is 19.3. The van der Waals surface area contributed by atoms with E-state index in [9.17, 15) is 9.90 Å². The van der Waals surface area contributed by atoms with E-state index in [2.05, 4.69) is 0 Å². The predicted molar refractivity (Wildman–Crippen MR) is 52.6 cm³/mol. The van der Waals surface area contributed by atoms with Crippen LogP contribution in [0.4, 0.5) is 0 Å². The third kappa shape index (κ3) is 1.90. The van der Waals surface area contributed by atoms with E-state index in [0.717, 1.165) is 25.7 Å². The van der Waals surface area contributed by atoms with Crippen molar-refractivity contribution in [2.24, 2.45) is 5.92 Å². The lowest BCUT2D eigenvalue weighted by molar-refractivity contribution is 0.0652. The standard InChI is InChI=1S/C11H14O4/c12-9(7-3-1-2-4-7)10-8(11(13)14)5-6-15-10/h5-7,9,12H,1-4H2,(H,13,14). The van der Waals surface area contributed by atoms with Crippen LogP contribution in [0.3, 0.4) is 0 Å². The SMILES string of the molecule is O=C(O)c1ccoc1C(O)C1CCCC1. The van der Waals surface area contributed by atoms with Crippen LogP contribution >= 0.6 is 0 Å². The Morgan fingerprint density at radius 3 is 2.73 bits per heavy atom. The Hall–Kier alpha value is -1.29. The second-order valence-electron chi connectivity index (χ2n) is 3.99. The maximum Gasteiger partial charge on any atom is 0.339 e. The number of carboxylic acids is 1. The second-order valence-corrected chi connectivity index (χ2v) is 3.99. The van der Waals surface area contributed by atoms with Crippen molar-refractivity contribution in [2.45, 2.75) is 31.8 Å². The molecule has 1 atom stereocenters. The van der Waals surface area contributed by atoms with Gasteiger partial charge in [0.2, 0.25) is 0 Å². The van der Waals surface area contributed by atoms with E-state index in [0.29, 0.717) is 0 Å². The lowest BCUT2D eigenvalue weighted by Gasteiger charge is -2.15. The molecule has 0 aromatic carbocycles. The summed E-state index contributed by atoms with van der Waals surface area (Å²) in [5, 5.41) is 18.9. The molecular weight excluding hydrogens is 196 g/mol. The van der Waals surface area contributed by atoms with Gasteiger partial charge >= 0.3 is 5.97 Å². The number of aliphatic hydroxyl groups is 1. The van der Waals surface area contributed by atoms with Crippen LogP contribution in [0.1, 0.15) is 47.9 Å². The van der Waals surface area contributed by atoms with Crippen molar-refractivity contribution in [1.82, 2.24) is 0 Å². The van der Waals surface area contributed by atoms with Gasteiger partial charge in [-0.1, -0.05) is 12.8 Å². The molecule has 1 aromatic rings. The van der Waals surface area contributed by atoms with Gasteiger partial charge in [-0.25, -0.2) is 4.79 Å². The van der Waals surface area contributed by atoms with Gasteiger partial charge in [-0.3, -0.25) is 0 Å². The van der Waals surface area contributed by atoms with Crippen LogP contribution in [-0.2, 0) is 0 Å². The minimum atomic E-state index is -1.05. The Morgan fingerprint density at radius 2 is 2.13 bits per heavy atom. The number of carbonyl (C=O) groups is 1. The number of aromatic carboxylic acids is 1. The molecule has 2 N–H and O–H groups in total. The molecule has 4 nitrogen and oxygen atoms in total. The largest absolute Gasteiger partial charge is 0.478 e. The third-order valence-corrected chi connectivity index (χ3v) is 3.04. The van der Waals surface area contributed by atoms with Crippen molar-refractivity contribution in [3.05, 3.63) is 23.7 Å². The molecule has 0 bridgehead atoms. The molecule has 82 valence electrons. The molecule has 15 heavy (non-hydrogen) atoms. The van der Waals surface area contributed by atoms with Crippen LogP contribution in [0.25, 0.3) is 0 Å². The van der Waals surface area contributed by atoms with Crippen molar-refractivity contribution in [3.8, 4) is 0 Å². The summed E-state index contributed by atoms with van der Waals surface area (Å²) in [6, 6.07) is 1.38. The zero-order valence-electron chi connectivity index (χ0n) is 8.35. The average molecular weight is 210 g/mol. The van der Waals surface area contributed by atoms with Crippen LogP contribution in [0, 0.1) is 5.92 Å². The second kappa shape index (κ2) is 4.06. The maximum atomic E-state index is 10.8. The summed E-state index contributed by atoms with van der Waals surface area (Å²) in [5.41, 5.74) is 0.0781. The summed E-state index contributed by atoms with van der Waals surface area (Å²) in [6.45, 7) is 0. The first-order valence-electron chi connectivity index (χ1n) is 5.19. The molecule has 2 rings (SSSR count). The molecule has 0 spiro atoms. The molecule has 0 saturated heterocycles. The van der Waals surface area contributed by atoms with Crippen LogP contribution < -0.4 is 0 Å². The molecule has 1 aliphatic rings. The first-order valence-corrected chi connectivity index (χ1v) is 5.19. The first-order chi connectivity index (χ1) is 7.20. The van der Waals surface area contributed by atoms with Crippen molar-refractivity contribution < 1.29 is 19.4 Å². The highest BCUT2D eigenvalue weighted by Gasteiger charge is 2.29. The van der Waals surface area contributed by atoms with E-state index >= 15 is 0 Å².